The van der Waals surface area contributed by atoms with Crippen LogP contribution in [0.2, 0.25) is 0 Å². The van der Waals surface area contributed by atoms with E-state index in [0.29, 0.717) is 31.6 Å². The van der Waals surface area contributed by atoms with Gasteiger partial charge in [0, 0.05) is 25.7 Å². The molecule has 3 unspecified atom stereocenters. The predicted octanol–water partition coefficient (Wildman–Crippen LogP) is 18.8. The Morgan fingerprint density at radius 2 is 0.593 bits per heavy atom. The van der Waals surface area contributed by atoms with Crippen LogP contribution in [-0.4, -0.2) is 96.7 Å². The number of carbonyl (C=O) groups excluding carboxylic acids is 4. The van der Waals surface area contributed by atoms with Crippen molar-refractivity contribution in [2.45, 2.75) is 355 Å². The lowest BCUT2D eigenvalue weighted by molar-refractivity contribution is -0.161. The van der Waals surface area contributed by atoms with Crippen LogP contribution in [0.25, 0.3) is 0 Å². The number of hydrogen-bond donors (Lipinski definition) is 3. The van der Waals surface area contributed by atoms with Gasteiger partial charge in [0.25, 0.3) is 0 Å². The Labute approximate surface area is 524 Å². The van der Waals surface area contributed by atoms with E-state index in [1.165, 1.54) is 148 Å². The van der Waals surface area contributed by atoms with Gasteiger partial charge in [-0.05, 0) is 37.5 Å². The lowest BCUT2D eigenvalue weighted by atomic mass is 9.99. The van der Waals surface area contributed by atoms with Gasteiger partial charge in [0.2, 0.25) is 0 Å². The molecule has 0 fully saturated rings. The van der Waals surface area contributed by atoms with Crippen LogP contribution in [0.1, 0.15) is 337 Å². The standard InChI is InChI=1S/C67H130O17P2/c1-7-10-12-14-16-18-19-20-21-22-23-24-25-26-32-39-45-51-66(71)83-62(55-78-65(70)50-44-38-31-28-27-29-36-42-48-60(6)9-3)57-81-85(73,74)79-53-61(68)54-80-86(75,76)82-58-63(56-77-64(69)49-43-37-30-17-15-13-11-8-2)84-67(72)52-46-40-34-33-35-41-47-59(4)5/h59-63,68H,7-58H2,1-6H3,(H,73,74)(H,75,76)/t60?,61-,62-,63-/m1/s1. The fourth-order valence-corrected chi connectivity index (χ4v) is 11.6. The van der Waals surface area contributed by atoms with E-state index >= 15 is 0 Å². The van der Waals surface area contributed by atoms with Gasteiger partial charge < -0.3 is 33.8 Å². The summed E-state index contributed by atoms with van der Waals surface area (Å²) in [6.07, 6.45) is 43.3. The van der Waals surface area contributed by atoms with Gasteiger partial charge in [0.15, 0.2) is 12.2 Å². The lowest BCUT2D eigenvalue weighted by Gasteiger charge is -2.21. The van der Waals surface area contributed by atoms with Crippen molar-refractivity contribution >= 4 is 39.5 Å². The van der Waals surface area contributed by atoms with E-state index in [0.717, 1.165) is 102 Å². The van der Waals surface area contributed by atoms with Crippen molar-refractivity contribution in [3.05, 3.63) is 0 Å². The molecule has 0 amide bonds. The van der Waals surface area contributed by atoms with Gasteiger partial charge in [0.05, 0.1) is 26.4 Å². The summed E-state index contributed by atoms with van der Waals surface area (Å²) in [5.41, 5.74) is 0. The normalized spacial score (nSPS) is 14.5. The quantitative estimate of drug-likeness (QED) is 0.0222. The van der Waals surface area contributed by atoms with Crippen molar-refractivity contribution in [3.8, 4) is 0 Å². The highest BCUT2D eigenvalue weighted by Gasteiger charge is 2.30. The van der Waals surface area contributed by atoms with Crippen molar-refractivity contribution < 1.29 is 80.2 Å². The average Bonchev–Trinajstić information content (AvgIpc) is 3.68. The summed E-state index contributed by atoms with van der Waals surface area (Å²) < 4.78 is 68.0. The number of aliphatic hydroxyl groups is 1. The molecule has 0 rings (SSSR count). The molecule has 0 aliphatic rings. The molecule has 0 spiro atoms. The Kier molecular flexibility index (Phi) is 58.0. The maximum Gasteiger partial charge on any atom is 0.472 e. The molecule has 0 saturated carbocycles. The van der Waals surface area contributed by atoms with Gasteiger partial charge >= 0.3 is 39.5 Å². The Morgan fingerprint density at radius 3 is 0.884 bits per heavy atom. The van der Waals surface area contributed by atoms with Crippen molar-refractivity contribution in [2.75, 3.05) is 39.6 Å². The number of unbranched alkanes of at least 4 members (excludes halogenated alkanes) is 35. The molecule has 19 heteroatoms. The van der Waals surface area contributed by atoms with Crippen LogP contribution in [0.4, 0.5) is 0 Å². The molecule has 0 aromatic rings. The van der Waals surface area contributed by atoms with Gasteiger partial charge in [-0.2, -0.15) is 0 Å². The van der Waals surface area contributed by atoms with E-state index in [2.05, 4.69) is 41.5 Å². The maximum absolute atomic E-state index is 13.0. The number of hydrogen-bond acceptors (Lipinski definition) is 15. The van der Waals surface area contributed by atoms with Gasteiger partial charge in [-0.1, -0.05) is 286 Å². The number of aliphatic hydroxyl groups excluding tert-OH is 1. The lowest BCUT2D eigenvalue weighted by Crippen LogP contribution is -2.30. The first-order valence-electron chi connectivity index (χ1n) is 35.0. The second kappa shape index (κ2) is 59.4. The van der Waals surface area contributed by atoms with Gasteiger partial charge in [-0.15, -0.1) is 0 Å². The molecule has 0 heterocycles. The number of carbonyl (C=O) groups is 4. The maximum atomic E-state index is 13.0. The number of phosphoric acid groups is 2. The molecule has 86 heavy (non-hydrogen) atoms. The summed E-state index contributed by atoms with van der Waals surface area (Å²) in [6, 6.07) is 0. The van der Waals surface area contributed by atoms with E-state index in [9.17, 15) is 43.2 Å². The molecule has 0 saturated heterocycles. The van der Waals surface area contributed by atoms with E-state index in [-0.39, 0.29) is 25.7 Å². The van der Waals surface area contributed by atoms with Crippen molar-refractivity contribution in [3.63, 3.8) is 0 Å². The summed E-state index contributed by atoms with van der Waals surface area (Å²) in [6.45, 7) is 9.41. The van der Waals surface area contributed by atoms with Crippen LogP contribution in [0.5, 0.6) is 0 Å². The van der Waals surface area contributed by atoms with Crippen molar-refractivity contribution in [2.24, 2.45) is 11.8 Å². The molecule has 6 atom stereocenters. The fraction of sp³-hybridized carbons (Fsp3) is 0.940. The minimum Gasteiger partial charge on any atom is -0.462 e. The number of esters is 4. The van der Waals surface area contributed by atoms with Crippen LogP contribution in [0, 0.1) is 11.8 Å². The Bertz CT molecular complexity index is 1690. The third-order valence-electron chi connectivity index (χ3n) is 15.8. The molecular weight excluding hydrogens is 1140 g/mol. The summed E-state index contributed by atoms with van der Waals surface area (Å²) in [4.78, 5) is 72.3. The molecule has 3 N–H and O–H groups in total. The molecule has 0 bridgehead atoms. The molecule has 0 aliphatic carbocycles. The molecule has 0 aliphatic heterocycles. The first-order valence-corrected chi connectivity index (χ1v) is 38.0. The number of rotatable bonds is 66. The van der Waals surface area contributed by atoms with Crippen molar-refractivity contribution in [1.29, 1.82) is 0 Å². The highest BCUT2D eigenvalue weighted by molar-refractivity contribution is 7.47. The van der Waals surface area contributed by atoms with Gasteiger partial charge in [0.1, 0.15) is 19.3 Å². The van der Waals surface area contributed by atoms with Gasteiger partial charge in [-0.3, -0.25) is 37.3 Å². The molecule has 0 aromatic heterocycles. The predicted molar refractivity (Wildman–Crippen MR) is 345 cm³/mol. The largest absolute Gasteiger partial charge is 0.472 e. The van der Waals surface area contributed by atoms with Crippen LogP contribution < -0.4 is 0 Å². The first-order chi connectivity index (χ1) is 41.4. The molecule has 510 valence electrons. The Morgan fingerprint density at radius 1 is 0.337 bits per heavy atom. The molecule has 0 aromatic carbocycles. The topological polar surface area (TPSA) is 237 Å². The SMILES string of the molecule is CCCCCCCCCCCCCCCCCCCC(=O)O[C@H](COC(=O)CCCCCCCCCCC(C)CC)COP(=O)(O)OC[C@@H](O)COP(=O)(O)OC[C@@H](COC(=O)CCCCCCCCCC)OC(=O)CCCCCCCCC(C)C. The Hall–Kier alpha value is -1.94. The highest BCUT2D eigenvalue weighted by atomic mass is 31.2. The zero-order valence-electron chi connectivity index (χ0n) is 55.6. The molecular formula is C67H130O17P2. The fourth-order valence-electron chi connectivity index (χ4n) is 10.0. The summed E-state index contributed by atoms with van der Waals surface area (Å²) >= 11 is 0. The van der Waals surface area contributed by atoms with E-state index in [4.69, 9.17) is 37.0 Å². The minimum atomic E-state index is -4.95. The van der Waals surface area contributed by atoms with Crippen LogP contribution in [0.15, 0.2) is 0 Å². The van der Waals surface area contributed by atoms with E-state index in [1.807, 2.05) is 0 Å². The average molecular weight is 1270 g/mol. The first kappa shape index (κ1) is 84.1. The zero-order chi connectivity index (χ0) is 63.6. The number of ether oxygens (including phenoxy) is 4. The minimum absolute atomic E-state index is 0.102. The van der Waals surface area contributed by atoms with Crippen LogP contribution in [-0.2, 0) is 65.4 Å². The summed E-state index contributed by atoms with van der Waals surface area (Å²) in [5, 5.41) is 10.5. The molecule has 0 radical (unpaired) electrons. The number of phosphoric ester groups is 2. The van der Waals surface area contributed by atoms with Crippen LogP contribution >= 0.6 is 15.6 Å². The monoisotopic (exact) mass is 1270 g/mol. The zero-order valence-corrected chi connectivity index (χ0v) is 57.4. The summed E-state index contributed by atoms with van der Waals surface area (Å²) in [7, 11) is -9.89. The second-order valence-electron chi connectivity index (χ2n) is 24.9. The smallest absolute Gasteiger partial charge is 0.462 e. The van der Waals surface area contributed by atoms with E-state index in [1.54, 1.807) is 0 Å². The second-order valence-corrected chi connectivity index (χ2v) is 27.8. The van der Waals surface area contributed by atoms with E-state index < -0.39 is 97.5 Å². The molecule has 17 nitrogen and oxygen atoms in total. The highest BCUT2D eigenvalue weighted by Crippen LogP contribution is 2.45. The van der Waals surface area contributed by atoms with Gasteiger partial charge in [-0.25, -0.2) is 9.13 Å². The summed E-state index contributed by atoms with van der Waals surface area (Å²) in [5.74, 6) is -0.688. The van der Waals surface area contributed by atoms with Crippen LogP contribution in [0.3, 0.4) is 0 Å². The van der Waals surface area contributed by atoms with Crippen molar-refractivity contribution in [1.82, 2.24) is 0 Å². The Balaban J connectivity index is 5.20. The third-order valence-corrected chi connectivity index (χ3v) is 17.7. The third kappa shape index (κ3) is 59.7.